The normalized spacial score (nSPS) is 20.1. The van der Waals surface area contributed by atoms with Gasteiger partial charge in [0, 0.05) is 25.8 Å². The van der Waals surface area contributed by atoms with Crippen LogP contribution in [0.1, 0.15) is 12.8 Å². The maximum absolute atomic E-state index is 4.14. The summed E-state index contributed by atoms with van der Waals surface area (Å²) in [5.41, 5.74) is 2.53. The zero-order chi connectivity index (χ0) is 9.38. The average molecular weight is 189 g/mol. The molecule has 0 amide bonds. The molecule has 1 saturated carbocycles. The molecule has 3 nitrogen and oxygen atoms in total. The Balaban J connectivity index is 1.85. The number of aromatic nitrogens is 1. The Morgan fingerprint density at radius 1 is 1.50 bits per heavy atom. The second-order valence-corrected chi connectivity index (χ2v) is 4.21. The molecule has 3 heteroatoms. The molecule has 1 aromatic rings. The van der Waals surface area contributed by atoms with Gasteiger partial charge < -0.3 is 10.2 Å². The first-order chi connectivity index (χ1) is 6.93. The predicted molar refractivity (Wildman–Crippen MR) is 57.7 cm³/mol. The van der Waals surface area contributed by atoms with E-state index in [0.717, 1.165) is 19.0 Å². The van der Waals surface area contributed by atoms with Crippen LogP contribution in [0, 0.1) is 5.92 Å². The minimum absolute atomic E-state index is 0.953. The maximum atomic E-state index is 4.14. The smallest absolute Gasteiger partial charge is 0.0765 e. The van der Waals surface area contributed by atoms with Crippen molar-refractivity contribution in [1.82, 2.24) is 4.98 Å². The third-order valence-electron chi connectivity index (χ3n) is 3.01. The number of nitrogens with one attached hydrogen (secondary N) is 1. The number of nitrogens with zero attached hydrogens (tertiary/aromatic N) is 2. The summed E-state index contributed by atoms with van der Waals surface area (Å²) >= 11 is 0. The van der Waals surface area contributed by atoms with E-state index in [-0.39, 0.29) is 0 Å². The van der Waals surface area contributed by atoms with Gasteiger partial charge in [-0.3, -0.25) is 4.98 Å². The van der Waals surface area contributed by atoms with Crippen LogP contribution in [0.2, 0.25) is 0 Å². The molecule has 0 aromatic carbocycles. The molecule has 1 N–H and O–H groups in total. The number of hydrogen-bond acceptors (Lipinski definition) is 3. The van der Waals surface area contributed by atoms with E-state index in [4.69, 9.17) is 0 Å². The van der Waals surface area contributed by atoms with Crippen LogP contribution >= 0.6 is 0 Å². The van der Waals surface area contributed by atoms with Gasteiger partial charge in [-0.15, -0.1) is 0 Å². The molecule has 2 heterocycles. The highest BCUT2D eigenvalue weighted by Crippen LogP contribution is 2.34. The van der Waals surface area contributed by atoms with Gasteiger partial charge in [0.25, 0.3) is 0 Å². The first-order valence-electron chi connectivity index (χ1n) is 5.36. The van der Waals surface area contributed by atoms with Crippen molar-refractivity contribution in [3.63, 3.8) is 0 Å². The summed E-state index contributed by atoms with van der Waals surface area (Å²) < 4.78 is 0. The minimum Gasteiger partial charge on any atom is -0.380 e. The van der Waals surface area contributed by atoms with Crippen LogP contribution in [0.4, 0.5) is 11.4 Å². The van der Waals surface area contributed by atoms with Crippen LogP contribution in [0.25, 0.3) is 0 Å². The van der Waals surface area contributed by atoms with Gasteiger partial charge in [-0.05, 0) is 24.8 Å². The van der Waals surface area contributed by atoms with E-state index in [1.165, 1.54) is 30.8 Å². The molecule has 74 valence electrons. The fourth-order valence-corrected chi connectivity index (χ4v) is 2.05. The molecule has 0 atom stereocenters. The Morgan fingerprint density at radius 2 is 2.43 bits per heavy atom. The second kappa shape index (κ2) is 3.15. The molecule has 0 radical (unpaired) electrons. The summed E-state index contributed by atoms with van der Waals surface area (Å²) in [6.45, 7) is 3.41. The SMILES string of the molecule is c1cc2c(cn1)NCCN2CC1CC1. The lowest BCUT2D eigenvalue weighted by Crippen LogP contribution is -2.35. The summed E-state index contributed by atoms with van der Waals surface area (Å²) in [5.74, 6) is 0.953. The molecule has 1 aromatic heterocycles. The zero-order valence-electron chi connectivity index (χ0n) is 8.24. The molecule has 1 fully saturated rings. The topological polar surface area (TPSA) is 28.2 Å². The number of fused-ring (bicyclic) bond motifs is 1. The lowest BCUT2D eigenvalue weighted by Gasteiger charge is -2.31. The summed E-state index contributed by atoms with van der Waals surface area (Å²) in [6.07, 6.45) is 6.65. The van der Waals surface area contributed by atoms with Crippen LogP contribution in [-0.2, 0) is 0 Å². The lowest BCUT2D eigenvalue weighted by atomic mass is 10.2. The number of rotatable bonds is 2. The van der Waals surface area contributed by atoms with Crippen molar-refractivity contribution in [2.75, 3.05) is 29.9 Å². The van der Waals surface area contributed by atoms with Crippen molar-refractivity contribution in [3.8, 4) is 0 Å². The molecule has 14 heavy (non-hydrogen) atoms. The molecular weight excluding hydrogens is 174 g/mol. The van der Waals surface area contributed by atoms with Crippen molar-refractivity contribution in [1.29, 1.82) is 0 Å². The number of pyridine rings is 1. The third-order valence-corrected chi connectivity index (χ3v) is 3.01. The highest BCUT2D eigenvalue weighted by Gasteiger charge is 2.26. The molecule has 0 unspecified atom stereocenters. The maximum Gasteiger partial charge on any atom is 0.0765 e. The van der Waals surface area contributed by atoms with Crippen LogP contribution in [0.15, 0.2) is 18.5 Å². The van der Waals surface area contributed by atoms with Crippen LogP contribution < -0.4 is 10.2 Å². The highest BCUT2D eigenvalue weighted by atomic mass is 15.2. The first-order valence-corrected chi connectivity index (χ1v) is 5.36. The van der Waals surface area contributed by atoms with E-state index in [2.05, 4.69) is 21.3 Å². The van der Waals surface area contributed by atoms with Crippen LogP contribution in [-0.4, -0.2) is 24.6 Å². The molecule has 1 aliphatic heterocycles. The molecule has 0 bridgehead atoms. The van der Waals surface area contributed by atoms with E-state index >= 15 is 0 Å². The average Bonchev–Trinajstić information content (AvgIpc) is 3.03. The molecule has 0 saturated heterocycles. The summed E-state index contributed by atoms with van der Waals surface area (Å²) in [7, 11) is 0. The standard InChI is InChI=1S/C11H15N3/c1-2-9(1)8-14-6-5-13-10-7-12-4-3-11(10)14/h3-4,7,9,13H,1-2,5-6,8H2. The van der Waals surface area contributed by atoms with Gasteiger partial charge in [0.2, 0.25) is 0 Å². The summed E-state index contributed by atoms with van der Waals surface area (Å²) in [4.78, 5) is 6.63. The quantitative estimate of drug-likeness (QED) is 0.768. The Hall–Kier alpha value is -1.25. The molecule has 0 spiro atoms. The highest BCUT2D eigenvalue weighted by molar-refractivity contribution is 5.70. The van der Waals surface area contributed by atoms with Crippen molar-refractivity contribution < 1.29 is 0 Å². The van der Waals surface area contributed by atoms with E-state index < -0.39 is 0 Å². The Kier molecular flexibility index (Phi) is 1.82. The fraction of sp³-hybridized carbons (Fsp3) is 0.545. The van der Waals surface area contributed by atoms with Gasteiger partial charge in [-0.1, -0.05) is 0 Å². The Bertz CT molecular complexity index is 333. The van der Waals surface area contributed by atoms with E-state index in [1.807, 2.05) is 12.4 Å². The van der Waals surface area contributed by atoms with Gasteiger partial charge in [-0.2, -0.15) is 0 Å². The van der Waals surface area contributed by atoms with Crippen molar-refractivity contribution in [2.45, 2.75) is 12.8 Å². The number of hydrogen-bond donors (Lipinski definition) is 1. The van der Waals surface area contributed by atoms with Gasteiger partial charge in [-0.25, -0.2) is 0 Å². The predicted octanol–water partition coefficient (Wildman–Crippen LogP) is 1.72. The molecule has 1 aliphatic carbocycles. The molecule has 2 aliphatic rings. The van der Waals surface area contributed by atoms with Gasteiger partial charge >= 0.3 is 0 Å². The Labute approximate surface area is 84.1 Å². The van der Waals surface area contributed by atoms with Crippen molar-refractivity contribution in [2.24, 2.45) is 5.92 Å². The molecule has 3 rings (SSSR count). The Morgan fingerprint density at radius 3 is 3.29 bits per heavy atom. The minimum atomic E-state index is 0.953. The van der Waals surface area contributed by atoms with E-state index in [0.29, 0.717) is 0 Å². The van der Waals surface area contributed by atoms with E-state index in [9.17, 15) is 0 Å². The molecular formula is C11H15N3. The monoisotopic (exact) mass is 189 g/mol. The third kappa shape index (κ3) is 1.43. The zero-order valence-corrected chi connectivity index (χ0v) is 8.24. The van der Waals surface area contributed by atoms with Gasteiger partial charge in [0.05, 0.1) is 17.6 Å². The summed E-state index contributed by atoms with van der Waals surface area (Å²) in [5, 5.41) is 3.38. The van der Waals surface area contributed by atoms with Crippen LogP contribution in [0.3, 0.4) is 0 Å². The number of anilines is 2. The van der Waals surface area contributed by atoms with Gasteiger partial charge in [0.1, 0.15) is 0 Å². The first kappa shape index (κ1) is 8.09. The second-order valence-electron chi connectivity index (χ2n) is 4.21. The largest absolute Gasteiger partial charge is 0.380 e. The van der Waals surface area contributed by atoms with E-state index in [1.54, 1.807) is 0 Å². The van der Waals surface area contributed by atoms with Gasteiger partial charge in [0.15, 0.2) is 0 Å². The fourth-order valence-electron chi connectivity index (χ4n) is 2.05. The summed E-state index contributed by atoms with van der Waals surface area (Å²) in [6, 6.07) is 2.11. The van der Waals surface area contributed by atoms with Crippen molar-refractivity contribution >= 4 is 11.4 Å². The van der Waals surface area contributed by atoms with Crippen molar-refractivity contribution in [3.05, 3.63) is 18.5 Å². The van der Waals surface area contributed by atoms with Crippen LogP contribution in [0.5, 0.6) is 0 Å². The lowest BCUT2D eigenvalue weighted by molar-refractivity contribution is 0.718.